The number of benzene rings is 1. The molecule has 4 aromatic rings. The van der Waals surface area contributed by atoms with E-state index in [1.165, 1.54) is 0 Å². The van der Waals surface area contributed by atoms with Gasteiger partial charge in [0.1, 0.15) is 5.82 Å². The number of hydrogen-bond acceptors (Lipinski definition) is 5. The molecule has 0 unspecified atom stereocenters. The van der Waals surface area contributed by atoms with Crippen LogP contribution in [0.15, 0.2) is 61.1 Å². The summed E-state index contributed by atoms with van der Waals surface area (Å²) < 4.78 is 0. The van der Waals surface area contributed by atoms with Crippen LogP contribution in [0.2, 0.25) is 0 Å². The van der Waals surface area contributed by atoms with Gasteiger partial charge in [0.05, 0.1) is 29.2 Å². The molecule has 1 amide bonds. The normalized spacial score (nSPS) is 10.7. The fourth-order valence-corrected chi connectivity index (χ4v) is 2.62. The number of nitrogens with zero attached hydrogens (tertiary/aromatic N) is 3. The number of carbonyl (C=O) groups excluding carboxylic acids is 1. The maximum atomic E-state index is 12.7. The van der Waals surface area contributed by atoms with Crippen LogP contribution in [0.3, 0.4) is 0 Å². The number of aryl methyl sites for hydroxylation is 1. The van der Waals surface area contributed by atoms with Crippen LogP contribution >= 0.6 is 0 Å². The van der Waals surface area contributed by atoms with Crippen LogP contribution < -0.4 is 10.6 Å². The van der Waals surface area contributed by atoms with Crippen molar-refractivity contribution >= 4 is 34.0 Å². The molecule has 0 fully saturated rings. The molecule has 7 heteroatoms. The Bertz CT molecular complexity index is 1070. The van der Waals surface area contributed by atoms with Crippen LogP contribution in [0.1, 0.15) is 16.1 Å². The SMILES string of the molecule is Cc1ccc(C(=O)Nc2cccnc2)c(Nc2ccc3cn[nH]c3c2)n1. The van der Waals surface area contributed by atoms with Crippen LogP contribution in [0.4, 0.5) is 17.2 Å². The van der Waals surface area contributed by atoms with Crippen molar-refractivity contribution < 1.29 is 4.79 Å². The average Bonchev–Trinajstić information content (AvgIpc) is 3.10. The molecule has 0 radical (unpaired) electrons. The third kappa shape index (κ3) is 3.23. The summed E-state index contributed by atoms with van der Waals surface area (Å²) in [7, 11) is 0. The van der Waals surface area contributed by atoms with E-state index < -0.39 is 0 Å². The van der Waals surface area contributed by atoms with Crippen LogP contribution in [0, 0.1) is 6.92 Å². The van der Waals surface area contributed by atoms with Crippen molar-refractivity contribution in [2.45, 2.75) is 6.92 Å². The zero-order chi connectivity index (χ0) is 17.9. The summed E-state index contributed by atoms with van der Waals surface area (Å²) >= 11 is 0. The molecule has 0 aliphatic rings. The van der Waals surface area contributed by atoms with Gasteiger partial charge in [-0.1, -0.05) is 0 Å². The molecule has 0 atom stereocenters. The second kappa shape index (κ2) is 6.64. The Balaban J connectivity index is 1.64. The highest BCUT2D eigenvalue weighted by atomic mass is 16.1. The summed E-state index contributed by atoms with van der Waals surface area (Å²) in [5.41, 5.74) is 3.61. The highest BCUT2D eigenvalue weighted by Gasteiger charge is 2.14. The molecule has 3 N–H and O–H groups in total. The number of H-pyrrole nitrogens is 1. The third-order valence-corrected chi connectivity index (χ3v) is 3.90. The van der Waals surface area contributed by atoms with Crippen molar-refractivity contribution in [2.24, 2.45) is 0 Å². The first-order valence-corrected chi connectivity index (χ1v) is 8.08. The number of pyridine rings is 2. The minimum Gasteiger partial charge on any atom is -0.339 e. The summed E-state index contributed by atoms with van der Waals surface area (Å²) in [5.74, 6) is 0.237. The highest BCUT2D eigenvalue weighted by molar-refractivity contribution is 6.07. The standard InChI is InChI=1S/C19H16N6O/c1-12-4-7-16(19(26)24-15-3-2-8-20-11-15)18(22-12)23-14-6-5-13-10-21-25-17(13)9-14/h2-11H,1H3,(H,21,25)(H,22,23)(H,24,26). The van der Waals surface area contributed by atoms with Gasteiger partial charge in [0, 0.05) is 23.0 Å². The molecule has 128 valence electrons. The molecule has 3 heterocycles. The van der Waals surface area contributed by atoms with Crippen LogP contribution in [-0.2, 0) is 0 Å². The molecular formula is C19H16N6O. The monoisotopic (exact) mass is 344 g/mol. The molecule has 0 saturated carbocycles. The molecule has 0 spiro atoms. The second-order valence-corrected chi connectivity index (χ2v) is 5.84. The third-order valence-electron chi connectivity index (χ3n) is 3.90. The summed E-state index contributed by atoms with van der Waals surface area (Å²) in [6.07, 6.45) is 5.01. The van der Waals surface area contributed by atoms with Crippen LogP contribution in [-0.4, -0.2) is 26.1 Å². The molecule has 0 bridgehead atoms. The lowest BCUT2D eigenvalue weighted by Crippen LogP contribution is -2.15. The zero-order valence-corrected chi connectivity index (χ0v) is 14.0. The largest absolute Gasteiger partial charge is 0.339 e. The summed E-state index contributed by atoms with van der Waals surface area (Å²) in [4.78, 5) is 21.2. The number of carbonyl (C=O) groups is 1. The van der Waals surface area contributed by atoms with Crippen molar-refractivity contribution in [1.29, 1.82) is 0 Å². The topological polar surface area (TPSA) is 95.6 Å². The number of anilines is 3. The molecule has 0 aliphatic carbocycles. The van der Waals surface area contributed by atoms with Crippen molar-refractivity contribution in [1.82, 2.24) is 20.2 Å². The van der Waals surface area contributed by atoms with E-state index in [0.29, 0.717) is 17.1 Å². The van der Waals surface area contributed by atoms with Gasteiger partial charge in [0.2, 0.25) is 0 Å². The Morgan fingerprint density at radius 2 is 2.00 bits per heavy atom. The maximum absolute atomic E-state index is 12.7. The summed E-state index contributed by atoms with van der Waals surface area (Å²) in [6, 6.07) is 12.9. The van der Waals surface area contributed by atoms with E-state index in [9.17, 15) is 4.79 Å². The predicted octanol–water partition coefficient (Wildman–Crippen LogP) is 3.66. The van der Waals surface area contributed by atoms with Crippen molar-refractivity contribution in [3.8, 4) is 0 Å². The first-order valence-electron chi connectivity index (χ1n) is 8.08. The lowest BCUT2D eigenvalue weighted by molar-refractivity contribution is 0.102. The van der Waals surface area contributed by atoms with Gasteiger partial charge >= 0.3 is 0 Å². The summed E-state index contributed by atoms with van der Waals surface area (Å²) in [5, 5.41) is 14.0. The zero-order valence-electron chi connectivity index (χ0n) is 14.0. The average molecular weight is 344 g/mol. The molecular weight excluding hydrogens is 328 g/mol. The lowest BCUT2D eigenvalue weighted by atomic mass is 10.2. The van der Waals surface area contributed by atoms with E-state index in [4.69, 9.17) is 0 Å². The molecule has 4 rings (SSSR count). The van der Waals surface area contributed by atoms with Crippen molar-refractivity contribution in [3.05, 3.63) is 72.3 Å². The summed E-state index contributed by atoms with van der Waals surface area (Å²) in [6.45, 7) is 1.88. The Labute approximate surface area is 149 Å². The maximum Gasteiger partial charge on any atom is 0.259 e. The molecule has 1 aromatic carbocycles. The molecule has 0 saturated heterocycles. The van der Waals surface area contributed by atoms with E-state index >= 15 is 0 Å². The Morgan fingerprint density at radius 1 is 1.08 bits per heavy atom. The van der Waals surface area contributed by atoms with Gasteiger partial charge < -0.3 is 10.6 Å². The minimum atomic E-state index is -0.254. The molecule has 7 nitrogen and oxygen atoms in total. The van der Waals surface area contributed by atoms with Crippen molar-refractivity contribution in [2.75, 3.05) is 10.6 Å². The number of nitrogens with one attached hydrogen (secondary N) is 3. The van der Waals surface area contributed by atoms with Gasteiger partial charge in [-0.15, -0.1) is 0 Å². The Morgan fingerprint density at radius 3 is 2.85 bits per heavy atom. The van der Waals surface area contributed by atoms with Gasteiger partial charge in [-0.3, -0.25) is 14.9 Å². The van der Waals surface area contributed by atoms with Crippen LogP contribution in [0.25, 0.3) is 10.9 Å². The van der Waals surface area contributed by atoms with E-state index in [0.717, 1.165) is 22.3 Å². The van der Waals surface area contributed by atoms with Gasteiger partial charge in [0.15, 0.2) is 0 Å². The smallest absolute Gasteiger partial charge is 0.259 e. The number of aromatic amines is 1. The number of fused-ring (bicyclic) bond motifs is 1. The van der Waals surface area contributed by atoms with Gasteiger partial charge in [-0.25, -0.2) is 4.98 Å². The first kappa shape index (κ1) is 15.8. The lowest BCUT2D eigenvalue weighted by Gasteiger charge is -2.12. The van der Waals surface area contributed by atoms with Gasteiger partial charge in [-0.05, 0) is 49.4 Å². The predicted molar refractivity (Wildman–Crippen MR) is 101 cm³/mol. The molecule has 3 aromatic heterocycles. The van der Waals surface area contributed by atoms with E-state index in [1.54, 1.807) is 42.9 Å². The fraction of sp³-hybridized carbons (Fsp3) is 0.0526. The first-order chi connectivity index (χ1) is 12.7. The van der Waals surface area contributed by atoms with E-state index in [-0.39, 0.29) is 5.91 Å². The van der Waals surface area contributed by atoms with E-state index in [2.05, 4.69) is 30.8 Å². The van der Waals surface area contributed by atoms with Gasteiger partial charge in [0.25, 0.3) is 5.91 Å². The van der Waals surface area contributed by atoms with Gasteiger partial charge in [-0.2, -0.15) is 5.10 Å². The molecule has 26 heavy (non-hydrogen) atoms. The quantitative estimate of drug-likeness (QED) is 0.525. The number of amides is 1. The van der Waals surface area contributed by atoms with E-state index in [1.807, 2.05) is 25.1 Å². The van der Waals surface area contributed by atoms with Crippen LogP contribution in [0.5, 0.6) is 0 Å². The van der Waals surface area contributed by atoms with Crippen molar-refractivity contribution in [3.63, 3.8) is 0 Å². The second-order valence-electron chi connectivity index (χ2n) is 5.84. The highest BCUT2D eigenvalue weighted by Crippen LogP contribution is 2.23. The number of hydrogen-bond donors (Lipinski definition) is 3. The fourth-order valence-electron chi connectivity index (χ4n) is 2.62. The number of aromatic nitrogens is 4. The Kier molecular flexibility index (Phi) is 4.03. The minimum absolute atomic E-state index is 0.254. The number of rotatable bonds is 4. The molecule has 0 aliphatic heterocycles. The Hall–Kier alpha value is -3.74.